The van der Waals surface area contributed by atoms with Gasteiger partial charge in [-0.3, -0.25) is 14.9 Å². The Balaban J connectivity index is 1.46. The number of pyridine rings is 1. The predicted molar refractivity (Wildman–Crippen MR) is 111 cm³/mol. The van der Waals surface area contributed by atoms with Gasteiger partial charge in [0.25, 0.3) is 11.6 Å². The molecule has 1 aliphatic heterocycles. The normalized spacial score (nSPS) is 13.0. The Bertz CT molecular complexity index is 1180. The van der Waals surface area contributed by atoms with Gasteiger partial charge in [-0.1, -0.05) is 11.6 Å². The monoisotopic (exact) mass is 425 g/mol. The summed E-state index contributed by atoms with van der Waals surface area (Å²) in [6.45, 7) is 0.0375. The number of fused-ring (bicyclic) bond motifs is 2. The summed E-state index contributed by atoms with van der Waals surface area (Å²) in [4.78, 5) is 41.2. The highest BCUT2D eigenvalue weighted by Crippen LogP contribution is 2.30. The Labute approximate surface area is 176 Å². The second-order valence-corrected chi connectivity index (χ2v) is 7.22. The molecule has 0 atom stereocenters. The Morgan fingerprint density at radius 1 is 1.17 bits per heavy atom. The fourth-order valence-corrected chi connectivity index (χ4v) is 3.63. The van der Waals surface area contributed by atoms with Crippen LogP contribution in [0.25, 0.3) is 10.9 Å². The SMILES string of the molecule is O=C(OCC(=O)N1CCCc2cc([N+](=O)[O-])ccc21)c1ccc2nc(Cl)ccc2c1. The highest BCUT2D eigenvalue weighted by Gasteiger charge is 2.25. The van der Waals surface area contributed by atoms with Gasteiger partial charge in [-0.2, -0.15) is 0 Å². The largest absolute Gasteiger partial charge is 0.452 e. The molecule has 2 aromatic carbocycles. The number of carbonyl (C=O) groups is 2. The second kappa shape index (κ2) is 8.08. The van der Waals surface area contributed by atoms with E-state index in [1.165, 1.54) is 17.0 Å². The molecule has 1 aromatic heterocycles. The molecule has 0 aliphatic carbocycles. The van der Waals surface area contributed by atoms with Crippen molar-refractivity contribution < 1.29 is 19.2 Å². The zero-order valence-corrected chi connectivity index (χ0v) is 16.5. The molecular formula is C21H16ClN3O5. The van der Waals surface area contributed by atoms with E-state index in [0.29, 0.717) is 41.3 Å². The topological polar surface area (TPSA) is 103 Å². The zero-order chi connectivity index (χ0) is 21.3. The first-order chi connectivity index (χ1) is 14.4. The van der Waals surface area contributed by atoms with Gasteiger partial charge in [-0.25, -0.2) is 9.78 Å². The molecule has 0 saturated heterocycles. The van der Waals surface area contributed by atoms with E-state index in [4.69, 9.17) is 16.3 Å². The van der Waals surface area contributed by atoms with Gasteiger partial charge in [-0.05, 0) is 54.8 Å². The van der Waals surface area contributed by atoms with E-state index in [1.54, 1.807) is 36.4 Å². The maximum absolute atomic E-state index is 12.7. The lowest BCUT2D eigenvalue weighted by Gasteiger charge is -2.29. The predicted octanol–water partition coefficient (Wildman–Crippen LogP) is 3.93. The maximum atomic E-state index is 12.7. The summed E-state index contributed by atoms with van der Waals surface area (Å²) in [5.41, 5.74) is 2.28. The Morgan fingerprint density at radius 3 is 2.80 bits per heavy atom. The summed E-state index contributed by atoms with van der Waals surface area (Å²) >= 11 is 5.86. The molecule has 0 N–H and O–H groups in total. The van der Waals surface area contributed by atoms with Gasteiger partial charge in [0.05, 0.1) is 16.0 Å². The van der Waals surface area contributed by atoms with Gasteiger partial charge in [0.2, 0.25) is 0 Å². The molecule has 3 aromatic rings. The number of nitro groups is 1. The van der Waals surface area contributed by atoms with Crippen molar-refractivity contribution in [2.24, 2.45) is 0 Å². The fourth-order valence-electron chi connectivity index (χ4n) is 3.47. The molecule has 0 radical (unpaired) electrons. The minimum atomic E-state index is -0.624. The van der Waals surface area contributed by atoms with Crippen LogP contribution in [0.1, 0.15) is 22.3 Å². The Hall–Kier alpha value is -3.52. The minimum Gasteiger partial charge on any atom is -0.452 e. The summed E-state index contributed by atoms with van der Waals surface area (Å²) in [7, 11) is 0. The van der Waals surface area contributed by atoms with Crippen molar-refractivity contribution >= 4 is 45.8 Å². The van der Waals surface area contributed by atoms with Crippen LogP contribution in [0.15, 0.2) is 48.5 Å². The summed E-state index contributed by atoms with van der Waals surface area (Å²) in [5.74, 6) is -1.01. The lowest BCUT2D eigenvalue weighted by atomic mass is 10.0. The van der Waals surface area contributed by atoms with Crippen molar-refractivity contribution in [1.82, 2.24) is 4.98 Å². The van der Waals surface area contributed by atoms with E-state index in [0.717, 1.165) is 10.9 Å². The molecule has 8 nitrogen and oxygen atoms in total. The number of amides is 1. The molecule has 0 fully saturated rings. The summed E-state index contributed by atoms with van der Waals surface area (Å²) in [5, 5.41) is 12.1. The number of hydrogen-bond donors (Lipinski definition) is 0. The Morgan fingerprint density at radius 2 is 2.00 bits per heavy atom. The molecule has 1 aliphatic rings. The molecule has 152 valence electrons. The molecule has 1 amide bonds. The molecule has 2 heterocycles. The first kappa shape index (κ1) is 19.8. The van der Waals surface area contributed by atoms with Gasteiger partial charge in [0, 0.05) is 29.8 Å². The minimum absolute atomic E-state index is 0.0124. The third-order valence-corrected chi connectivity index (χ3v) is 5.12. The van der Waals surface area contributed by atoms with Crippen LogP contribution in [0.3, 0.4) is 0 Å². The first-order valence-corrected chi connectivity index (χ1v) is 9.61. The zero-order valence-electron chi connectivity index (χ0n) is 15.7. The van der Waals surface area contributed by atoms with Crippen LogP contribution < -0.4 is 4.90 Å². The van der Waals surface area contributed by atoms with E-state index in [2.05, 4.69) is 4.98 Å². The number of carbonyl (C=O) groups excluding carboxylic acids is 2. The summed E-state index contributed by atoms with van der Waals surface area (Å²) in [6, 6.07) is 12.6. The highest BCUT2D eigenvalue weighted by molar-refractivity contribution is 6.29. The van der Waals surface area contributed by atoms with E-state index in [1.807, 2.05) is 0 Å². The van der Waals surface area contributed by atoms with Gasteiger partial charge in [0.15, 0.2) is 6.61 Å². The second-order valence-electron chi connectivity index (χ2n) is 6.84. The van der Waals surface area contributed by atoms with Crippen LogP contribution >= 0.6 is 11.6 Å². The van der Waals surface area contributed by atoms with Crippen molar-refractivity contribution in [3.05, 3.63) is 74.9 Å². The number of aryl methyl sites for hydroxylation is 1. The number of nitrogens with zero attached hydrogens (tertiary/aromatic N) is 3. The molecule has 0 unspecified atom stereocenters. The molecule has 4 rings (SSSR count). The number of hydrogen-bond acceptors (Lipinski definition) is 6. The third-order valence-electron chi connectivity index (χ3n) is 4.91. The molecule has 30 heavy (non-hydrogen) atoms. The van der Waals surface area contributed by atoms with Gasteiger partial charge >= 0.3 is 5.97 Å². The van der Waals surface area contributed by atoms with E-state index in [9.17, 15) is 19.7 Å². The number of aromatic nitrogens is 1. The van der Waals surface area contributed by atoms with Crippen LogP contribution in [0, 0.1) is 10.1 Å². The van der Waals surface area contributed by atoms with Crippen LogP contribution in [-0.4, -0.2) is 34.9 Å². The van der Waals surface area contributed by atoms with Crippen LogP contribution in [0.5, 0.6) is 0 Å². The fraction of sp³-hybridized carbons (Fsp3) is 0.190. The van der Waals surface area contributed by atoms with Crippen molar-refractivity contribution in [2.45, 2.75) is 12.8 Å². The van der Waals surface area contributed by atoms with Crippen molar-refractivity contribution in [2.75, 3.05) is 18.1 Å². The highest BCUT2D eigenvalue weighted by atomic mass is 35.5. The number of benzene rings is 2. The van der Waals surface area contributed by atoms with Crippen LogP contribution in [0.2, 0.25) is 5.15 Å². The quantitative estimate of drug-likeness (QED) is 0.271. The number of esters is 1. The third kappa shape index (κ3) is 3.95. The first-order valence-electron chi connectivity index (χ1n) is 9.23. The van der Waals surface area contributed by atoms with Crippen molar-refractivity contribution in [1.29, 1.82) is 0 Å². The number of non-ortho nitro benzene ring substituents is 1. The average Bonchev–Trinajstić information content (AvgIpc) is 2.75. The standard InChI is InChI=1S/C21H16ClN3O5/c22-19-8-4-13-10-15(3-6-17(13)23-19)21(27)30-12-20(26)24-9-1-2-14-11-16(25(28)29)5-7-18(14)24/h3-8,10-11H,1-2,9,12H2. The lowest BCUT2D eigenvalue weighted by molar-refractivity contribution is -0.384. The lowest BCUT2D eigenvalue weighted by Crippen LogP contribution is -2.38. The number of anilines is 1. The van der Waals surface area contributed by atoms with Gasteiger partial charge in [0.1, 0.15) is 5.15 Å². The summed E-state index contributed by atoms with van der Waals surface area (Å²) < 4.78 is 5.21. The van der Waals surface area contributed by atoms with E-state index in [-0.39, 0.29) is 11.6 Å². The smallest absolute Gasteiger partial charge is 0.338 e. The van der Waals surface area contributed by atoms with Crippen LogP contribution in [-0.2, 0) is 16.0 Å². The van der Waals surface area contributed by atoms with Crippen molar-refractivity contribution in [3.63, 3.8) is 0 Å². The van der Waals surface area contributed by atoms with E-state index >= 15 is 0 Å². The van der Waals surface area contributed by atoms with Gasteiger partial charge < -0.3 is 9.64 Å². The molecular weight excluding hydrogens is 410 g/mol. The maximum Gasteiger partial charge on any atom is 0.338 e. The Kier molecular flexibility index (Phi) is 5.33. The van der Waals surface area contributed by atoms with Gasteiger partial charge in [-0.15, -0.1) is 0 Å². The average molecular weight is 426 g/mol. The molecule has 0 spiro atoms. The van der Waals surface area contributed by atoms with E-state index < -0.39 is 17.5 Å². The van der Waals surface area contributed by atoms with Crippen molar-refractivity contribution in [3.8, 4) is 0 Å². The molecule has 9 heteroatoms. The number of ether oxygens (including phenoxy) is 1. The molecule has 0 saturated carbocycles. The van der Waals surface area contributed by atoms with Crippen LogP contribution in [0.4, 0.5) is 11.4 Å². The summed E-state index contributed by atoms with van der Waals surface area (Å²) in [6.07, 6.45) is 1.32. The number of halogens is 1. The molecule has 0 bridgehead atoms. The number of rotatable bonds is 4. The number of nitro benzene ring substituents is 1.